The largest absolute Gasteiger partial charge is 0.479 e. The van der Waals surface area contributed by atoms with Gasteiger partial charge in [0.25, 0.3) is 0 Å². The average Bonchev–Trinajstić information content (AvgIpc) is 3.27. The molecule has 0 aromatic carbocycles. The van der Waals surface area contributed by atoms with Crippen LogP contribution in [0.2, 0.25) is 0 Å². The van der Waals surface area contributed by atoms with Crippen LogP contribution in [0.25, 0.3) is 0 Å². The maximum atomic E-state index is 13.7. The first-order valence-electron chi connectivity index (χ1n) is 13.6. The molecule has 1 saturated heterocycles. The van der Waals surface area contributed by atoms with Crippen molar-refractivity contribution in [2.75, 3.05) is 26.8 Å². The van der Waals surface area contributed by atoms with Crippen LogP contribution < -0.4 is 5.32 Å². The lowest BCUT2D eigenvalue weighted by Crippen LogP contribution is -2.46. The van der Waals surface area contributed by atoms with Crippen molar-refractivity contribution in [2.24, 2.45) is 27.2 Å². The zero-order chi connectivity index (χ0) is 23.9. The fourth-order valence-corrected chi connectivity index (χ4v) is 6.34. The number of rotatable bonds is 11. The van der Waals surface area contributed by atoms with Gasteiger partial charge >= 0.3 is 0 Å². The molecule has 1 unspecified atom stereocenters. The molecule has 1 spiro atoms. The zero-order valence-electron chi connectivity index (χ0n) is 21.3. The van der Waals surface area contributed by atoms with Crippen LogP contribution in [0.15, 0.2) is 33.5 Å². The molecule has 0 amide bonds. The quantitative estimate of drug-likeness (QED) is 0.211. The molecule has 3 fully saturated rings. The first-order chi connectivity index (χ1) is 16.6. The summed E-state index contributed by atoms with van der Waals surface area (Å²) in [6, 6.07) is 0. The van der Waals surface area contributed by atoms with E-state index in [2.05, 4.69) is 22.6 Å². The molecule has 6 heteroatoms. The summed E-state index contributed by atoms with van der Waals surface area (Å²) in [7, 11) is 1.46. The molecule has 2 atom stereocenters. The number of halogens is 1. The van der Waals surface area contributed by atoms with Crippen molar-refractivity contribution in [3.8, 4) is 0 Å². The molecule has 1 N–H and O–H groups in total. The highest BCUT2D eigenvalue weighted by Gasteiger charge is 2.49. The second-order valence-corrected chi connectivity index (χ2v) is 10.8. The van der Waals surface area contributed by atoms with E-state index in [1.54, 1.807) is 13.1 Å². The lowest BCUT2D eigenvalue weighted by atomic mass is 9.66. The second kappa shape index (κ2) is 11.9. The summed E-state index contributed by atoms with van der Waals surface area (Å²) in [5, 5.41) is 3.59. The summed E-state index contributed by atoms with van der Waals surface area (Å²) >= 11 is 0. The molecule has 2 aliphatic carbocycles. The molecule has 0 aromatic rings. The Morgan fingerprint density at radius 3 is 2.74 bits per heavy atom. The molecule has 34 heavy (non-hydrogen) atoms. The first-order valence-corrected chi connectivity index (χ1v) is 13.6. The van der Waals surface area contributed by atoms with Crippen molar-refractivity contribution in [1.29, 1.82) is 0 Å². The monoisotopic (exact) mass is 473 g/mol. The highest BCUT2D eigenvalue weighted by atomic mass is 19.1. The van der Waals surface area contributed by atoms with Crippen molar-refractivity contribution >= 4 is 12.4 Å². The molecule has 2 saturated carbocycles. The normalized spacial score (nSPS) is 29.9. The van der Waals surface area contributed by atoms with Crippen LogP contribution in [0.1, 0.15) is 90.4 Å². The summed E-state index contributed by atoms with van der Waals surface area (Å²) in [6.07, 6.45) is 21.1. The van der Waals surface area contributed by atoms with Gasteiger partial charge in [-0.3, -0.25) is 4.99 Å². The Morgan fingerprint density at radius 1 is 1.26 bits per heavy atom. The number of hydrogen-bond acceptors (Lipinski definition) is 5. The van der Waals surface area contributed by atoms with E-state index in [1.807, 2.05) is 0 Å². The van der Waals surface area contributed by atoms with Gasteiger partial charge in [0.2, 0.25) is 5.88 Å². The summed E-state index contributed by atoms with van der Waals surface area (Å²) in [6.45, 7) is 4.37. The van der Waals surface area contributed by atoms with Crippen LogP contribution >= 0.6 is 0 Å². The number of hydrogen-bond donors (Lipinski definition) is 1. The average molecular weight is 474 g/mol. The van der Waals surface area contributed by atoms with E-state index in [-0.39, 0.29) is 22.7 Å². The highest BCUT2D eigenvalue weighted by Crippen LogP contribution is 2.53. The van der Waals surface area contributed by atoms with Gasteiger partial charge in [-0.25, -0.2) is 9.38 Å². The minimum Gasteiger partial charge on any atom is -0.479 e. The lowest BCUT2D eigenvalue weighted by Gasteiger charge is -2.48. The number of nitrogens with one attached hydrogen (secondary N) is 1. The molecule has 5 nitrogen and oxygen atoms in total. The van der Waals surface area contributed by atoms with Crippen molar-refractivity contribution in [2.45, 2.75) is 96.0 Å². The van der Waals surface area contributed by atoms with E-state index >= 15 is 0 Å². The molecule has 0 aromatic heterocycles. The third kappa shape index (κ3) is 5.99. The number of allylic oxidation sites excluding steroid dienone is 3. The predicted octanol–water partition coefficient (Wildman–Crippen LogP) is 6.51. The van der Waals surface area contributed by atoms with Gasteiger partial charge in [0, 0.05) is 49.0 Å². The van der Waals surface area contributed by atoms with E-state index < -0.39 is 0 Å². The molecular formula is C28H44FN3O2. The number of ether oxygens (including phenoxy) is 2. The molecule has 4 rings (SSSR count). The van der Waals surface area contributed by atoms with Crippen LogP contribution in [0, 0.1) is 17.3 Å². The van der Waals surface area contributed by atoms with Gasteiger partial charge in [-0.05, 0) is 70.3 Å². The van der Waals surface area contributed by atoms with Crippen molar-refractivity contribution < 1.29 is 13.9 Å². The van der Waals surface area contributed by atoms with Gasteiger partial charge < -0.3 is 14.8 Å². The van der Waals surface area contributed by atoms with E-state index in [0.29, 0.717) is 12.3 Å². The Kier molecular flexibility index (Phi) is 8.97. The predicted molar refractivity (Wildman–Crippen MR) is 137 cm³/mol. The van der Waals surface area contributed by atoms with Gasteiger partial charge in [-0.15, -0.1) is 0 Å². The highest BCUT2D eigenvalue weighted by molar-refractivity contribution is 5.65. The smallest absolute Gasteiger partial charge is 0.245 e. The van der Waals surface area contributed by atoms with E-state index in [1.165, 1.54) is 57.8 Å². The minimum atomic E-state index is -0.310. The maximum Gasteiger partial charge on any atom is 0.245 e. The first kappa shape index (κ1) is 25.6. The van der Waals surface area contributed by atoms with Gasteiger partial charge in [-0.1, -0.05) is 32.3 Å². The summed E-state index contributed by atoms with van der Waals surface area (Å²) in [4.78, 5) is 9.26. The van der Waals surface area contributed by atoms with E-state index in [9.17, 15) is 4.39 Å². The Morgan fingerprint density at radius 2 is 2.09 bits per heavy atom. The molecule has 190 valence electrons. The van der Waals surface area contributed by atoms with Gasteiger partial charge in [0.15, 0.2) is 5.83 Å². The second-order valence-electron chi connectivity index (χ2n) is 10.8. The Balaban J connectivity index is 1.34. The van der Waals surface area contributed by atoms with Gasteiger partial charge in [0.05, 0.1) is 12.7 Å². The molecule has 0 bridgehead atoms. The zero-order valence-corrected chi connectivity index (χ0v) is 21.3. The fourth-order valence-electron chi connectivity index (χ4n) is 6.34. The molecule has 0 radical (unpaired) electrons. The van der Waals surface area contributed by atoms with Crippen molar-refractivity contribution in [3.05, 3.63) is 23.5 Å². The number of aliphatic imine (C=N–C) groups is 2. The SMILES string of the molecule is CC/C(F)=C(\N=C/CCNCC[C@@]1(C2=CCC(C3CCC3)C=N2)CCOC2(CCCC2)C1)OC. The van der Waals surface area contributed by atoms with Crippen LogP contribution in [-0.2, 0) is 9.47 Å². The third-order valence-corrected chi connectivity index (χ3v) is 8.63. The topological polar surface area (TPSA) is 55.2 Å². The third-order valence-electron chi connectivity index (χ3n) is 8.63. The standard InChI is InChI=1S/C28H44FN3O2/c1-3-24(29)26(33-2)31-17-7-16-30-18-14-27(15-19-34-28(21-27)12-4-5-13-28)25-11-10-23(20-32-25)22-8-6-9-22/h11,17,20,22-23,30H,3-10,12-16,18-19,21H2,1-2H3/b26-24-,31-17-/t23?,27-/m1/s1. The summed E-state index contributed by atoms with van der Waals surface area (Å²) < 4.78 is 25.1. The molecular weight excluding hydrogens is 429 g/mol. The number of nitrogens with zero attached hydrogens (tertiary/aromatic N) is 2. The maximum absolute atomic E-state index is 13.7. The van der Waals surface area contributed by atoms with Crippen molar-refractivity contribution in [3.63, 3.8) is 0 Å². The minimum absolute atomic E-state index is 0.0678. The van der Waals surface area contributed by atoms with Crippen LogP contribution in [0.4, 0.5) is 4.39 Å². The van der Waals surface area contributed by atoms with Crippen LogP contribution in [0.3, 0.4) is 0 Å². The molecule has 4 aliphatic rings. The summed E-state index contributed by atoms with van der Waals surface area (Å²) in [5.74, 6) is 1.29. The molecule has 2 heterocycles. The fraction of sp³-hybridized carbons (Fsp3) is 0.786. The van der Waals surface area contributed by atoms with Gasteiger partial charge in [0.1, 0.15) is 0 Å². The van der Waals surface area contributed by atoms with Crippen LogP contribution in [-0.4, -0.2) is 44.8 Å². The number of methoxy groups -OCH3 is 1. The van der Waals surface area contributed by atoms with Crippen molar-refractivity contribution in [1.82, 2.24) is 5.32 Å². The van der Waals surface area contributed by atoms with E-state index in [0.717, 1.165) is 57.7 Å². The Bertz CT molecular complexity index is 795. The lowest BCUT2D eigenvalue weighted by molar-refractivity contribution is -0.115. The molecule has 2 aliphatic heterocycles. The van der Waals surface area contributed by atoms with E-state index in [4.69, 9.17) is 14.5 Å². The van der Waals surface area contributed by atoms with Gasteiger partial charge in [-0.2, -0.15) is 0 Å². The Hall–Kier alpha value is -1.53. The Labute approximate surface area is 205 Å². The van der Waals surface area contributed by atoms with Crippen LogP contribution in [0.5, 0.6) is 0 Å². The summed E-state index contributed by atoms with van der Waals surface area (Å²) in [5.41, 5.74) is 1.50.